The minimum atomic E-state index is -0.000660. The summed E-state index contributed by atoms with van der Waals surface area (Å²) in [5.74, 6) is -0.000660. The summed E-state index contributed by atoms with van der Waals surface area (Å²) >= 11 is 0. The van der Waals surface area contributed by atoms with E-state index in [1.807, 2.05) is 74.6 Å². The van der Waals surface area contributed by atoms with Crippen molar-refractivity contribution in [3.8, 4) is 0 Å². The Morgan fingerprint density at radius 3 is 2.38 bits per heavy atom. The average Bonchev–Trinajstić information content (AvgIpc) is 2.65. The van der Waals surface area contributed by atoms with Crippen molar-refractivity contribution < 1.29 is 4.79 Å². The number of carbonyl (C=O) groups is 1. The largest absolute Gasteiger partial charge is 0.335 e. The van der Waals surface area contributed by atoms with Gasteiger partial charge in [-0.3, -0.25) is 4.79 Å². The second-order valence-corrected chi connectivity index (χ2v) is 5.94. The van der Waals surface area contributed by atoms with Gasteiger partial charge in [-0.05, 0) is 34.9 Å². The summed E-state index contributed by atoms with van der Waals surface area (Å²) < 4.78 is 0. The Morgan fingerprint density at radius 2 is 1.58 bits per heavy atom. The number of benzene rings is 3. The molecule has 0 aliphatic carbocycles. The summed E-state index contributed by atoms with van der Waals surface area (Å²) in [6.07, 6.45) is 3.56. The van der Waals surface area contributed by atoms with Crippen molar-refractivity contribution in [2.75, 3.05) is 7.05 Å². The Labute approximate surface area is 143 Å². The predicted octanol–water partition coefficient (Wildman–Crippen LogP) is 5.07. The lowest BCUT2D eigenvalue weighted by molar-refractivity contribution is -0.126. The smallest absolute Gasteiger partial charge is 0.246 e. The number of amides is 1. The van der Waals surface area contributed by atoms with Crippen LogP contribution in [0, 0.1) is 0 Å². The van der Waals surface area contributed by atoms with Crippen LogP contribution >= 0.6 is 0 Å². The van der Waals surface area contributed by atoms with Gasteiger partial charge in [0.05, 0.1) is 6.04 Å². The first-order chi connectivity index (χ1) is 11.7. The van der Waals surface area contributed by atoms with E-state index in [2.05, 4.69) is 18.2 Å². The molecule has 120 valence electrons. The fraction of sp³-hybridized carbons (Fsp3) is 0.136. The zero-order chi connectivity index (χ0) is 16.9. The summed E-state index contributed by atoms with van der Waals surface area (Å²) in [6, 6.07) is 24.4. The molecule has 0 heterocycles. The molecule has 0 radical (unpaired) electrons. The van der Waals surface area contributed by atoms with Gasteiger partial charge in [0.15, 0.2) is 0 Å². The number of likely N-dealkylation sites (N-methyl/N-ethyl adjacent to an activating group) is 1. The number of hydrogen-bond acceptors (Lipinski definition) is 1. The molecule has 0 aromatic heterocycles. The lowest BCUT2D eigenvalue weighted by Crippen LogP contribution is -2.27. The van der Waals surface area contributed by atoms with Crippen molar-refractivity contribution in [3.05, 3.63) is 90.0 Å². The fourth-order valence-electron chi connectivity index (χ4n) is 2.82. The second-order valence-electron chi connectivity index (χ2n) is 5.94. The zero-order valence-corrected chi connectivity index (χ0v) is 14.0. The number of carbonyl (C=O) groups excluding carboxylic acids is 1. The summed E-state index contributed by atoms with van der Waals surface area (Å²) in [5.41, 5.74) is 2.19. The van der Waals surface area contributed by atoms with Crippen molar-refractivity contribution in [3.63, 3.8) is 0 Å². The number of fused-ring (bicyclic) bond motifs is 1. The Kier molecular flexibility index (Phi) is 4.76. The topological polar surface area (TPSA) is 20.3 Å². The molecule has 1 atom stereocenters. The summed E-state index contributed by atoms with van der Waals surface area (Å²) in [5, 5.41) is 2.33. The molecule has 2 heteroatoms. The standard InChI is InChI=1S/C22H21NO/c1-17(18-9-4-3-5-10-18)23(2)22(24)16-15-20-13-8-12-19-11-6-7-14-21(19)20/h3-17H,1-2H3/b16-15+. The molecule has 1 unspecified atom stereocenters. The molecular formula is C22H21NO. The molecular weight excluding hydrogens is 294 g/mol. The monoisotopic (exact) mass is 315 g/mol. The normalized spacial score (nSPS) is 12.4. The van der Waals surface area contributed by atoms with Crippen LogP contribution in [-0.4, -0.2) is 17.9 Å². The molecule has 1 amide bonds. The van der Waals surface area contributed by atoms with Crippen LogP contribution in [0.5, 0.6) is 0 Å². The van der Waals surface area contributed by atoms with Gasteiger partial charge in [-0.1, -0.05) is 72.8 Å². The Bertz CT molecular complexity index is 862. The zero-order valence-electron chi connectivity index (χ0n) is 14.0. The molecule has 0 bridgehead atoms. The van der Waals surface area contributed by atoms with Gasteiger partial charge in [0, 0.05) is 13.1 Å². The maximum atomic E-state index is 12.5. The lowest BCUT2D eigenvalue weighted by Gasteiger charge is -2.24. The SMILES string of the molecule is CC(c1ccccc1)N(C)C(=O)/C=C/c1cccc2ccccc12. The Morgan fingerprint density at radius 1 is 0.917 bits per heavy atom. The van der Waals surface area contributed by atoms with E-state index in [1.54, 1.807) is 11.0 Å². The fourth-order valence-corrected chi connectivity index (χ4v) is 2.82. The first-order valence-corrected chi connectivity index (χ1v) is 8.14. The van der Waals surface area contributed by atoms with E-state index >= 15 is 0 Å². The van der Waals surface area contributed by atoms with Crippen LogP contribution in [0.3, 0.4) is 0 Å². The predicted molar refractivity (Wildman–Crippen MR) is 101 cm³/mol. The third-order valence-corrected chi connectivity index (χ3v) is 4.44. The molecule has 3 aromatic carbocycles. The molecule has 3 rings (SSSR count). The van der Waals surface area contributed by atoms with Crippen LogP contribution in [-0.2, 0) is 4.79 Å². The first-order valence-electron chi connectivity index (χ1n) is 8.14. The highest BCUT2D eigenvalue weighted by Gasteiger charge is 2.14. The van der Waals surface area contributed by atoms with Gasteiger partial charge in [-0.2, -0.15) is 0 Å². The molecule has 0 spiro atoms. The van der Waals surface area contributed by atoms with Crippen LogP contribution < -0.4 is 0 Å². The van der Waals surface area contributed by atoms with Crippen LogP contribution in [0.1, 0.15) is 24.1 Å². The number of rotatable bonds is 4. The highest BCUT2D eigenvalue weighted by atomic mass is 16.2. The van der Waals surface area contributed by atoms with Crippen molar-refractivity contribution in [2.45, 2.75) is 13.0 Å². The summed E-state index contributed by atoms with van der Waals surface area (Å²) in [7, 11) is 1.84. The lowest BCUT2D eigenvalue weighted by atomic mass is 10.0. The second kappa shape index (κ2) is 7.14. The minimum absolute atomic E-state index is 0.000660. The highest BCUT2D eigenvalue weighted by Crippen LogP contribution is 2.21. The van der Waals surface area contributed by atoms with Gasteiger partial charge >= 0.3 is 0 Å². The van der Waals surface area contributed by atoms with E-state index in [9.17, 15) is 4.79 Å². The summed E-state index contributed by atoms with van der Waals surface area (Å²) in [6.45, 7) is 2.04. The average molecular weight is 315 g/mol. The van der Waals surface area contributed by atoms with Gasteiger partial charge in [-0.15, -0.1) is 0 Å². The number of hydrogen-bond donors (Lipinski definition) is 0. The molecule has 2 nitrogen and oxygen atoms in total. The molecule has 3 aromatic rings. The van der Waals surface area contributed by atoms with Crippen LogP contribution in [0.25, 0.3) is 16.8 Å². The number of nitrogens with zero attached hydrogens (tertiary/aromatic N) is 1. The minimum Gasteiger partial charge on any atom is -0.335 e. The molecule has 0 N–H and O–H groups in total. The van der Waals surface area contributed by atoms with Gasteiger partial charge in [0.25, 0.3) is 0 Å². The van der Waals surface area contributed by atoms with Crippen molar-refractivity contribution in [2.24, 2.45) is 0 Å². The molecule has 0 aliphatic rings. The van der Waals surface area contributed by atoms with E-state index in [0.29, 0.717) is 0 Å². The molecule has 0 saturated carbocycles. The van der Waals surface area contributed by atoms with Crippen molar-refractivity contribution >= 4 is 22.8 Å². The van der Waals surface area contributed by atoms with Crippen molar-refractivity contribution in [1.82, 2.24) is 4.90 Å². The Hall–Kier alpha value is -2.87. The quantitative estimate of drug-likeness (QED) is 0.615. The van der Waals surface area contributed by atoms with Gasteiger partial charge in [0.2, 0.25) is 5.91 Å². The van der Waals surface area contributed by atoms with Crippen LogP contribution in [0.15, 0.2) is 78.9 Å². The van der Waals surface area contributed by atoms with Gasteiger partial charge in [0.1, 0.15) is 0 Å². The first kappa shape index (κ1) is 16.0. The molecule has 0 saturated heterocycles. The molecule has 24 heavy (non-hydrogen) atoms. The van der Waals surface area contributed by atoms with E-state index in [-0.39, 0.29) is 11.9 Å². The molecule has 0 fully saturated rings. The maximum absolute atomic E-state index is 12.5. The third-order valence-electron chi connectivity index (χ3n) is 4.44. The van der Waals surface area contributed by atoms with Crippen molar-refractivity contribution in [1.29, 1.82) is 0 Å². The van der Waals surface area contributed by atoms with E-state index in [1.165, 1.54) is 5.39 Å². The van der Waals surface area contributed by atoms with Gasteiger partial charge < -0.3 is 4.90 Å². The van der Waals surface area contributed by atoms with E-state index in [4.69, 9.17) is 0 Å². The Balaban J connectivity index is 1.79. The molecule has 0 aliphatic heterocycles. The third kappa shape index (κ3) is 3.38. The van der Waals surface area contributed by atoms with E-state index < -0.39 is 0 Å². The summed E-state index contributed by atoms with van der Waals surface area (Å²) in [4.78, 5) is 14.3. The van der Waals surface area contributed by atoms with E-state index in [0.717, 1.165) is 16.5 Å². The van der Waals surface area contributed by atoms with Crippen LogP contribution in [0.2, 0.25) is 0 Å². The highest BCUT2D eigenvalue weighted by molar-refractivity contribution is 5.96. The van der Waals surface area contributed by atoms with Gasteiger partial charge in [-0.25, -0.2) is 0 Å². The maximum Gasteiger partial charge on any atom is 0.246 e. The van der Waals surface area contributed by atoms with Crippen LogP contribution in [0.4, 0.5) is 0 Å².